The van der Waals surface area contributed by atoms with Crippen LogP contribution in [0.25, 0.3) is 10.9 Å². The molecule has 2 N–H and O–H groups in total. The molecule has 2 aromatic rings. The van der Waals surface area contributed by atoms with Gasteiger partial charge in [0.05, 0.1) is 25.3 Å². The lowest BCUT2D eigenvalue weighted by Crippen LogP contribution is -2.31. The number of aliphatic hydroxyl groups excluding tert-OH is 2. The zero-order chi connectivity index (χ0) is 14.4. The summed E-state index contributed by atoms with van der Waals surface area (Å²) >= 11 is 0. The number of hydrogen-bond acceptors (Lipinski definition) is 5. The minimum atomic E-state index is -0.0813. The van der Waals surface area contributed by atoms with Crippen LogP contribution in [0.2, 0.25) is 0 Å². The molecule has 2 rings (SSSR count). The summed E-state index contributed by atoms with van der Waals surface area (Å²) in [5, 5.41) is 19.8. The van der Waals surface area contributed by atoms with Crippen molar-refractivity contribution in [3.63, 3.8) is 0 Å². The Bertz CT molecular complexity index is 560. The van der Waals surface area contributed by atoms with E-state index in [-0.39, 0.29) is 13.2 Å². The van der Waals surface area contributed by atoms with Crippen molar-refractivity contribution in [3.8, 4) is 0 Å². The quantitative estimate of drug-likeness (QED) is 0.795. The number of hydrogen-bond donors (Lipinski definition) is 2. The molecule has 0 aliphatic rings. The van der Waals surface area contributed by atoms with Gasteiger partial charge < -0.3 is 19.8 Å². The first-order valence-electron chi connectivity index (χ1n) is 6.64. The number of pyridine rings is 1. The molecule has 108 valence electrons. The maximum absolute atomic E-state index is 9.56. The number of fused-ring (bicyclic) bond motifs is 1. The van der Waals surface area contributed by atoms with Gasteiger partial charge in [0.2, 0.25) is 0 Å². The van der Waals surface area contributed by atoms with Crippen LogP contribution in [0.1, 0.15) is 5.56 Å². The summed E-state index contributed by atoms with van der Waals surface area (Å²) in [6, 6.07) is 9.73. The number of rotatable bonds is 7. The average Bonchev–Trinajstić information content (AvgIpc) is 2.50. The van der Waals surface area contributed by atoms with Gasteiger partial charge in [-0.1, -0.05) is 18.2 Å². The minimum absolute atomic E-state index is 0.0308. The van der Waals surface area contributed by atoms with Crippen LogP contribution in [0.3, 0.4) is 0 Å². The standard InChI is InChI=1S/C15H20N2O3/c1-20-9-7-17(6-8-18)15-13(11-19)10-12-4-2-3-5-14(12)16-15/h2-5,10,18-19H,6-9,11H2,1H3. The van der Waals surface area contributed by atoms with E-state index < -0.39 is 0 Å². The van der Waals surface area contributed by atoms with Gasteiger partial charge >= 0.3 is 0 Å². The number of para-hydroxylation sites is 1. The number of aromatic nitrogens is 1. The van der Waals surface area contributed by atoms with Gasteiger partial charge in [-0.2, -0.15) is 0 Å². The number of anilines is 1. The molecule has 0 bridgehead atoms. The predicted octanol–water partition coefficient (Wildman–Crippen LogP) is 1.17. The first kappa shape index (κ1) is 14.7. The number of benzene rings is 1. The monoisotopic (exact) mass is 276 g/mol. The fraction of sp³-hybridized carbons (Fsp3) is 0.400. The molecule has 1 aromatic carbocycles. The second-order valence-electron chi connectivity index (χ2n) is 4.53. The van der Waals surface area contributed by atoms with E-state index in [1.807, 2.05) is 35.2 Å². The SMILES string of the molecule is COCCN(CCO)c1nc2ccccc2cc1CO. The van der Waals surface area contributed by atoms with E-state index in [0.29, 0.717) is 25.5 Å². The van der Waals surface area contributed by atoms with Crippen molar-refractivity contribution in [3.05, 3.63) is 35.9 Å². The molecule has 5 nitrogen and oxygen atoms in total. The summed E-state index contributed by atoms with van der Waals surface area (Å²) in [7, 11) is 1.64. The molecule has 1 aromatic heterocycles. The van der Waals surface area contributed by atoms with E-state index >= 15 is 0 Å². The molecule has 0 aliphatic heterocycles. The molecule has 20 heavy (non-hydrogen) atoms. The lowest BCUT2D eigenvalue weighted by Gasteiger charge is -2.25. The Labute approximate surface area is 118 Å². The summed E-state index contributed by atoms with van der Waals surface area (Å²) in [6.45, 7) is 1.57. The molecular formula is C15H20N2O3. The fourth-order valence-corrected chi connectivity index (χ4v) is 2.19. The van der Waals surface area contributed by atoms with Gasteiger partial charge in [0.25, 0.3) is 0 Å². The molecule has 0 spiro atoms. The second kappa shape index (κ2) is 7.19. The zero-order valence-electron chi connectivity index (χ0n) is 11.6. The van der Waals surface area contributed by atoms with Gasteiger partial charge in [0.15, 0.2) is 0 Å². The number of nitrogens with zero attached hydrogens (tertiary/aromatic N) is 2. The highest BCUT2D eigenvalue weighted by atomic mass is 16.5. The summed E-state index contributed by atoms with van der Waals surface area (Å²) in [5.41, 5.74) is 1.63. The second-order valence-corrected chi connectivity index (χ2v) is 4.53. The largest absolute Gasteiger partial charge is 0.395 e. The Morgan fingerprint density at radius 2 is 2.00 bits per heavy atom. The van der Waals surface area contributed by atoms with Crippen LogP contribution in [0.5, 0.6) is 0 Å². The topological polar surface area (TPSA) is 65.8 Å². The third-order valence-corrected chi connectivity index (χ3v) is 3.19. The Morgan fingerprint density at radius 3 is 2.70 bits per heavy atom. The normalized spacial score (nSPS) is 10.9. The van der Waals surface area contributed by atoms with E-state index in [1.54, 1.807) is 7.11 Å². The van der Waals surface area contributed by atoms with E-state index in [0.717, 1.165) is 16.5 Å². The van der Waals surface area contributed by atoms with Crippen LogP contribution < -0.4 is 4.90 Å². The van der Waals surface area contributed by atoms with Gasteiger partial charge in [-0.15, -0.1) is 0 Å². The van der Waals surface area contributed by atoms with Gasteiger partial charge in [0, 0.05) is 31.1 Å². The maximum Gasteiger partial charge on any atom is 0.134 e. The van der Waals surface area contributed by atoms with Crippen molar-refractivity contribution in [1.29, 1.82) is 0 Å². The van der Waals surface area contributed by atoms with Crippen molar-refractivity contribution in [2.75, 3.05) is 38.3 Å². The molecule has 0 unspecified atom stereocenters. The van der Waals surface area contributed by atoms with Crippen LogP contribution >= 0.6 is 0 Å². The molecule has 0 saturated carbocycles. The van der Waals surface area contributed by atoms with Gasteiger partial charge in [-0.3, -0.25) is 0 Å². The third-order valence-electron chi connectivity index (χ3n) is 3.19. The average molecular weight is 276 g/mol. The number of methoxy groups -OCH3 is 1. The van der Waals surface area contributed by atoms with E-state index in [4.69, 9.17) is 4.74 Å². The Morgan fingerprint density at radius 1 is 1.20 bits per heavy atom. The Balaban J connectivity index is 2.42. The van der Waals surface area contributed by atoms with E-state index in [9.17, 15) is 10.2 Å². The predicted molar refractivity (Wildman–Crippen MR) is 78.8 cm³/mol. The van der Waals surface area contributed by atoms with Crippen molar-refractivity contribution in [1.82, 2.24) is 4.98 Å². The van der Waals surface area contributed by atoms with Crippen molar-refractivity contribution in [2.24, 2.45) is 0 Å². The highest BCUT2D eigenvalue weighted by molar-refractivity contribution is 5.81. The summed E-state index contributed by atoms with van der Waals surface area (Å²) < 4.78 is 5.09. The van der Waals surface area contributed by atoms with Crippen LogP contribution in [0.15, 0.2) is 30.3 Å². The minimum Gasteiger partial charge on any atom is -0.395 e. The molecule has 1 heterocycles. The van der Waals surface area contributed by atoms with Crippen molar-refractivity contribution < 1.29 is 14.9 Å². The highest BCUT2D eigenvalue weighted by Gasteiger charge is 2.13. The molecule has 0 fully saturated rings. The first-order valence-corrected chi connectivity index (χ1v) is 6.64. The molecule has 0 saturated heterocycles. The zero-order valence-corrected chi connectivity index (χ0v) is 11.6. The van der Waals surface area contributed by atoms with Crippen molar-refractivity contribution in [2.45, 2.75) is 6.61 Å². The Kier molecular flexibility index (Phi) is 5.29. The third kappa shape index (κ3) is 3.25. The molecular weight excluding hydrogens is 256 g/mol. The molecule has 0 atom stereocenters. The fourth-order valence-electron chi connectivity index (χ4n) is 2.19. The van der Waals surface area contributed by atoms with Crippen LogP contribution in [-0.2, 0) is 11.3 Å². The molecule has 5 heteroatoms. The molecule has 0 amide bonds. The van der Waals surface area contributed by atoms with Crippen molar-refractivity contribution >= 4 is 16.7 Å². The number of aliphatic hydroxyl groups is 2. The number of ether oxygens (including phenoxy) is 1. The molecule has 0 radical (unpaired) electrons. The Hall–Kier alpha value is -1.69. The summed E-state index contributed by atoms with van der Waals surface area (Å²) in [4.78, 5) is 6.55. The van der Waals surface area contributed by atoms with Crippen LogP contribution in [0, 0.1) is 0 Å². The summed E-state index contributed by atoms with van der Waals surface area (Å²) in [6.07, 6.45) is 0. The van der Waals surface area contributed by atoms with Crippen LogP contribution in [0.4, 0.5) is 5.82 Å². The lowest BCUT2D eigenvalue weighted by molar-refractivity contribution is 0.202. The van der Waals surface area contributed by atoms with E-state index in [1.165, 1.54) is 0 Å². The first-order chi connectivity index (χ1) is 9.80. The lowest BCUT2D eigenvalue weighted by atomic mass is 10.1. The van der Waals surface area contributed by atoms with E-state index in [2.05, 4.69) is 4.98 Å². The smallest absolute Gasteiger partial charge is 0.134 e. The van der Waals surface area contributed by atoms with Gasteiger partial charge in [-0.25, -0.2) is 4.98 Å². The highest BCUT2D eigenvalue weighted by Crippen LogP contribution is 2.23. The molecule has 0 aliphatic carbocycles. The van der Waals surface area contributed by atoms with Gasteiger partial charge in [0.1, 0.15) is 5.82 Å². The maximum atomic E-state index is 9.56. The van der Waals surface area contributed by atoms with Crippen LogP contribution in [-0.4, -0.2) is 48.6 Å². The van der Waals surface area contributed by atoms with Gasteiger partial charge in [-0.05, 0) is 12.1 Å². The summed E-state index contributed by atoms with van der Waals surface area (Å²) in [5.74, 6) is 0.706.